The third-order valence-electron chi connectivity index (χ3n) is 4.31. The highest BCUT2D eigenvalue weighted by Gasteiger charge is 2.34. The largest absolute Gasteiger partial charge is 0.330 e. The van der Waals surface area contributed by atoms with Crippen LogP contribution in [0.4, 0.5) is 0 Å². The van der Waals surface area contributed by atoms with Gasteiger partial charge in [-0.25, -0.2) is 4.98 Å². The van der Waals surface area contributed by atoms with Gasteiger partial charge in [0.05, 0.1) is 12.2 Å². The zero-order valence-electron chi connectivity index (χ0n) is 12.7. The summed E-state index contributed by atoms with van der Waals surface area (Å²) >= 11 is 6.24. The number of halogens is 1. The average molecular weight is 330 g/mol. The Labute approximate surface area is 138 Å². The van der Waals surface area contributed by atoms with Crippen LogP contribution in [0, 0.1) is 0 Å². The Morgan fingerprint density at radius 1 is 1.39 bits per heavy atom. The van der Waals surface area contributed by atoms with Crippen molar-refractivity contribution in [1.82, 2.24) is 24.1 Å². The van der Waals surface area contributed by atoms with Crippen LogP contribution in [-0.2, 0) is 7.05 Å². The second-order valence-corrected chi connectivity index (χ2v) is 6.14. The highest BCUT2D eigenvalue weighted by molar-refractivity contribution is 6.32. The van der Waals surface area contributed by atoms with E-state index in [9.17, 15) is 4.79 Å². The molecule has 1 unspecified atom stereocenters. The molecule has 0 saturated carbocycles. The van der Waals surface area contributed by atoms with E-state index in [-0.39, 0.29) is 17.1 Å². The number of carbonyl (C=O) groups excluding carboxylic acids is 1. The van der Waals surface area contributed by atoms with Crippen molar-refractivity contribution in [3.63, 3.8) is 0 Å². The van der Waals surface area contributed by atoms with Gasteiger partial charge in [0, 0.05) is 31.5 Å². The van der Waals surface area contributed by atoms with Gasteiger partial charge in [-0.2, -0.15) is 5.10 Å². The molecule has 0 N–H and O–H groups in total. The summed E-state index contributed by atoms with van der Waals surface area (Å²) in [7, 11) is 1.88. The smallest absolute Gasteiger partial charge is 0.274 e. The molecule has 0 spiro atoms. The molecule has 1 amide bonds. The van der Waals surface area contributed by atoms with Crippen LogP contribution in [0.3, 0.4) is 0 Å². The predicted octanol–water partition coefficient (Wildman–Crippen LogP) is 2.70. The summed E-state index contributed by atoms with van der Waals surface area (Å²) in [5, 5.41) is 4.47. The third kappa shape index (κ3) is 2.30. The van der Waals surface area contributed by atoms with E-state index in [2.05, 4.69) is 10.1 Å². The van der Waals surface area contributed by atoms with Crippen molar-refractivity contribution in [1.29, 1.82) is 0 Å². The van der Waals surface area contributed by atoms with Gasteiger partial charge in [-0.3, -0.25) is 13.9 Å². The van der Waals surface area contributed by atoms with Crippen molar-refractivity contribution in [2.24, 2.45) is 7.05 Å². The van der Waals surface area contributed by atoms with Crippen LogP contribution in [0.15, 0.2) is 36.8 Å². The number of aromatic nitrogens is 4. The topological polar surface area (TPSA) is 55.4 Å². The summed E-state index contributed by atoms with van der Waals surface area (Å²) in [5.74, 6) is -0.0833. The van der Waals surface area contributed by atoms with Crippen molar-refractivity contribution in [2.45, 2.75) is 18.9 Å². The van der Waals surface area contributed by atoms with Gasteiger partial charge in [-0.05, 0) is 25.0 Å². The first-order valence-electron chi connectivity index (χ1n) is 7.57. The number of hydrogen-bond acceptors (Lipinski definition) is 3. The summed E-state index contributed by atoms with van der Waals surface area (Å²) in [6, 6.07) is 5.62. The minimum Gasteiger partial charge on any atom is -0.330 e. The monoisotopic (exact) mass is 329 g/mol. The molecule has 1 aliphatic rings. The Morgan fingerprint density at radius 3 is 3.04 bits per heavy atom. The molecule has 0 bridgehead atoms. The maximum atomic E-state index is 13.1. The molecular weight excluding hydrogens is 314 g/mol. The molecule has 0 aliphatic carbocycles. The number of likely N-dealkylation sites (tertiary alicyclic amines) is 1. The molecule has 23 heavy (non-hydrogen) atoms. The molecule has 6 nitrogen and oxygen atoms in total. The van der Waals surface area contributed by atoms with Crippen LogP contribution >= 0.6 is 11.6 Å². The number of nitrogens with zero attached hydrogens (tertiary/aromatic N) is 5. The van der Waals surface area contributed by atoms with Crippen LogP contribution in [0.5, 0.6) is 0 Å². The van der Waals surface area contributed by atoms with Crippen LogP contribution in [0.25, 0.3) is 5.65 Å². The number of imidazole rings is 1. The van der Waals surface area contributed by atoms with Gasteiger partial charge in [0.15, 0.2) is 10.8 Å². The van der Waals surface area contributed by atoms with E-state index < -0.39 is 0 Å². The summed E-state index contributed by atoms with van der Waals surface area (Å²) in [6.45, 7) is 0.717. The van der Waals surface area contributed by atoms with Crippen LogP contribution in [0.2, 0.25) is 5.15 Å². The molecular formula is C16H16ClN5O. The Bertz CT molecular complexity index is 884. The van der Waals surface area contributed by atoms with Crippen molar-refractivity contribution in [3.8, 4) is 0 Å². The predicted molar refractivity (Wildman–Crippen MR) is 86.4 cm³/mol. The lowest BCUT2D eigenvalue weighted by molar-refractivity contribution is 0.0729. The maximum Gasteiger partial charge on any atom is 0.274 e. The lowest BCUT2D eigenvalue weighted by Crippen LogP contribution is -2.31. The molecule has 1 fully saturated rings. The average Bonchev–Trinajstić information content (AvgIpc) is 3.23. The van der Waals surface area contributed by atoms with Crippen molar-refractivity contribution >= 4 is 23.2 Å². The van der Waals surface area contributed by atoms with Gasteiger partial charge in [0.25, 0.3) is 5.91 Å². The third-order valence-corrected chi connectivity index (χ3v) is 4.58. The molecule has 118 valence electrons. The fourth-order valence-electron chi connectivity index (χ4n) is 3.26. The van der Waals surface area contributed by atoms with Gasteiger partial charge in [0.1, 0.15) is 5.65 Å². The van der Waals surface area contributed by atoms with E-state index in [1.165, 1.54) is 0 Å². The normalized spacial score (nSPS) is 18.0. The summed E-state index contributed by atoms with van der Waals surface area (Å²) in [4.78, 5) is 19.2. The van der Waals surface area contributed by atoms with Crippen molar-refractivity contribution < 1.29 is 4.79 Å². The first-order chi connectivity index (χ1) is 11.1. The highest BCUT2D eigenvalue weighted by Crippen LogP contribution is 2.34. The highest BCUT2D eigenvalue weighted by atomic mass is 35.5. The number of rotatable bonds is 2. The molecule has 4 heterocycles. The Balaban J connectivity index is 1.74. The second-order valence-electron chi connectivity index (χ2n) is 5.78. The van der Waals surface area contributed by atoms with E-state index in [1.54, 1.807) is 9.08 Å². The first kappa shape index (κ1) is 14.3. The molecule has 7 heteroatoms. The van der Waals surface area contributed by atoms with Crippen molar-refractivity contribution in [2.75, 3.05) is 6.54 Å². The Morgan fingerprint density at radius 2 is 2.26 bits per heavy atom. The van der Waals surface area contributed by atoms with E-state index in [4.69, 9.17) is 11.6 Å². The Hall–Kier alpha value is -2.34. The van der Waals surface area contributed by atoms with E-state index in [0.29, 0.717) is 11.3 Å². The Kier molecular flexibility index (Phi) is 3.34. The number of amides is 1. The van der Waals surface area contributed by atoms with Crippen molar-refractivity contribution in [3.05, 3.63) is 53.2 Å². The lowest BCUT2D eigenvalue weighted by Gasteiger charge is -2.23. The first-order valence-corrected chi connectivity index (χ1v) is 7.95. The zero-order valence-corrected chi connectivity index (χ0v) is 13.4. The molecule has 1 atom stereocenters. The lowest BCUT2D eigenvalue weighted by atomic mass is 10.1. The zero-order chi connectivity index (χ0) is 16.0. The number of fused-ring (bicyclic) bond motifs is 1. The minimum atomic E-state index is -0.0833. The molecule has 0 aromatic carbocycles. The summed E-state index contributed by atoms with van der Waals surface area (Å²) in [6.07, 6.45) is 7.51. The van der Waals surface area contributed by atoms with Crippen LogP contribution < -0.4 is 0 Å². The molecule has 0 radical (unpaired) electrons. The fourth-order valence-corrected chi connectivity index (χ4v) is 3.52. The molecule has 3 aromatic rings. The van der Waals surface area contributed by atoms with Gasteiger partial charge in [0.2, 0.25) is 0 Å². The van der Waals surface area contributed by atoms with Gasteiger partial charge >= 0.3 is 0 Å². The van der Waals surface area contributed by atoms with E-state index in [1.807, 2.05) is 48.7 Å². The number of aryl methyl sites for hydroxylation is 1. The number of hydrogen-bond donors (Lipinski definition) is 0. The van der Waals surface area contributed by atoms with E-state index in [0.717, 1.165) is 24.9 Å². The quantitative estimate of drug-likeness (QED) is 0.726. The number of pyridine rings is 1. The summed E-state index contributed by atoms with van der Waals surface area (Å²) < 4.78 is 3.51. The maximum absolute atomic E-state index is 13.1. The van der Waals surface area contributed by atoms with Crippen LogP contribution in [0.1, 0.15) is 34.9 Å². The molecule has 3 aromatic heterocycles. The van der Waals surface area contributed by atoms with Gasteiger partial charge in [-0.1, -0.05) is 17.7 Å². The van der Waals surface area contributed by atoms with Crippen LogP contribution in [-0.4, -0.2) is 36.5 Å². The molecule has 1 aliphatic heterocycles. The number of carbonyl (C=O) groups is 1. The summed E-state index contributed by atoms with van der Waals surface area (Å²) in [5.41, 5.74) is 2.17. The second kappa shape index (κ2) is 5.38. The molecule has 4 rings (SSSR count). The van der Waals surface area contributed by atoms with E-state index >= 15 is 0 Å². The standard InChI is InChI=1S/C16H16ClN5O/c1-20-10-11(9-18-20)12-5-4-8-21(12)16(23)14-15(17)19-13-6-2-3-7-22(13)14/h2-3,6-7,9-10,12H,4-5,8H2,1H3. The SMILES string of the molecule is Cn1cc(C2CCCN2C(=O)c2c(Cl)nc3ccccn23)cn1. The molecule has 1 saturated heterocycles. The fraction of sp³-hybridized carbons (Fsp3) is 0.312. The minimum absolute atomic E-state index is 0.0431. The van der Waals surface area contributed by atoms with Gasteiger partial charge in [-0.15, -0.1) is 0 Å². The van der Waals surface area contributed by atoms with Gasteiger partial charge < -0.3 is 4.90 Å².